The summed E-state index contributed by atoms with van der Waals surface area (Å²) in [5.74, 6) is -0.0900. The van der Waals surface area contributed by atoms with Crippen molar-refractivity contribution in [3.63, 3.8) is 0 Å². The van der Waals surface area contributed by atoms with Crippen LogP contribution in [-0.4, -0.2) is 17.6 Å². The summed E-state index contributed by atoms with van der Waals surface area (Å²) in [6.07, 6.45) is -0.0497. The zero-order valence-electron chi connectivity index (χ0n) is 12.5. The first-order valence-electron chi connectivity index (χ1n) is 7.16. The Kier molecular flexibility index (Phi) is 5.12. The minimum atomic E-state index is -0.550. The van der Waals surface area contributed by atoms with Crippen LogP contribution in [0.1, 0.15) is 39.6 Å². The van der Waals surface area contributed by atoms with Gasteiger partial charge in [0.2, 0.25) is 0 Å². The van der Waals surface area contributed by atoms with E-state index in [9.17, 15) is 9.90 Å². The summed E-state index contributed by atoms with van der Waals surface area (Å²) >= 11 is 0. The Bertz CT molecular complexity index is 608. The van der Waals surface area contributed by atoms with E-state index in [0.717, 1.165) is 16.7 Å². The van der Waals surface area contributed by atoms with Gasteiger partial charge in [0.25, 0.3) is 5.91 Å². The zero-order chi connectivity index (χ0) is 15.2. The fourth-order valence-electron chi connectivity index (χ4n) is 2.33. The molecule has 0 saturated heterocycles. The molecular formula is C18H21NO2. The number of aryl methyl sites for hydroxylation is 2. The summed E-state index contributed by atoms with van der Waals surface area (Å²) in [6, 6.07) is 15.2. The van der Waals surface area contributed by atoms with Crippen molar-refractivity contribution in [1.82, 2.24) is 5.32 Å². The van der Waals surface area contributed by atoms with Crippen molar-refractivity contribution in [2.45, 2.75) is 26.4 Å². The standard InChI is InChI=1S/C18H21NO2/c1-13-8-9-16(14(2)12-13)18(21)19-11-10-17(20)15-6-4-3-5-7-15/h3-9,12,17,20H,10-11H2,1-2H3,(H,19,21). The van der Waals surface area contributed by atoms with Crippen LogP contribution < -0.4 is 5.32 Å². The van der Waals surface area contributed by atoms with Crippen LogP contribution in [0, 0.1) is 13.8 Å². The Morgan fingerprint density at radius 1 is 1.14 bits per heavy atom. The second-order valence-corrected chi connectivity index (χ2v) is 5.29. The molecule has 1 atom stereocenters. The average molecular weight is 283 g/mol. The Morgan fingerprint density at radius 2 is 1.86 bits per heavy atom. The molecule has 0 spiro atoms. The van der Waals surface area contributed by atoms with Crippen molar-refractivity contribution in [3.8, 4) is 0 Å². The maximum atomic E-state index is 12.1. The lowest BCUT2D eigenvalue weighted by atomic mass is 10.0. The van der Waals surface area contributed by atoms with Gasteiger partial charge in [0.15, 0.2) is 0 Å². The summed E-state index contributed by atoms with van der Waals surface area (Å²) in [7, 11) is 0. The fourth-order valence-corrected chi connectivity index (χ4v) is 2.33. The quantitative estimate of drug-likeness (QED) is 0.885. The second-order valence-electron chi connectivity index (χ2n) is 5.29. The van der Waals surface area contributed by atoms with E-state index in [4.69, 9.17) is 0 Å². The van der Waals surface area contributed by atoms with E-state index in [1.807, 2.05) is 62.4 Å². The minimum Gasteiger partial charge on any atom is -0.388 e. The molecule has 2 N–H and O–H groups in total. The van der Waals surface area contributed by atoms with Gasteiger partial charge in [0.05, 0.1) is 6.10 Å². The molecule has 1 unspecified atom stereocenters. The molecule has 2 aromatic carbocycles. The molecule has 1 amide bonds. The summed E-state index contributed by atoms with van der Waals surface area (Å²) in [5.41, 5.74) is 3.67. The molecule has 110 valence electrons. The number of amides is 1. The maximum Gasteiger partial charge on any atom is 0.251 e. The van der Waals surface area contributed by atoms with Crippen molar-refractivity contribution in [1.29, 1.82) is 0 Å². The molecule has 2 rings (SSSR count). The average Bonchev–Trinajstić information content (AvgIpc) is 2.47. The predicted octanol–water partition coefficient (Wildman–Crippen LogP) is 3.16. The Balaban J connectivity index is 1.87. The summed E-state index contributed by atoms with van der Waals surface area (Å²) in [6.45, 7) is 4.38. The number of benzene rings is 2. The molecule has 0 heterocycles. The summed E-state index contributed by atoms with van der Waals surface area (Å²) < 4.78 is 0. The third-order valence-corrected chi connectivity index (χ3v) is 3.51. The lowest BCUT2D eigenvalue weighted by Crippen LogP contribution is -2.26. The van der Waals surface area contributed by atoms with Crippen molar-refractivity contribution < 1.29 is 9.90 Å². The van der Waals surface area contributed by atoms with Crippen LogP contribution in [0.3, 0.4) is 0 Å². The highest BCUT2D eigenvalue weighted by Crippen LogP contribution is 2.15. The molecule has 0 aliphatic rings. The third-order valence-electron chi connectivity index (χ3n) is 3.51. The highest BCUT2D eigenvalue weighted by molar-refractivity contribution is 5.95. The van der Waals surface area contributed by atoms with E-state index >= 15 is 0 Å². The van der Waals surface area contributed by atoms with E-state index in [0.29, 0.717) is 18.5 Å². The molecule has 0 aromatic heterocycles. The fraction of sp³-hybridized carbons (Fsp3) is 0.278. The second kappa shape index (κ2) is 7.04. The van der Waals surface area contributed by atoms with Gasteiger partial charge in [-0.1, -0.05) is 48.0 Å². The number of hydrogen-bond acceptors (Lipinski definition) is 2. The molecule has 0 saturated carbocycles. The van der Waals surface area contributed by atoms with E-state index in [2.05, 4.69) is 5.32 Å². The van der Waals surface area contributed by atoms with Crippen molar-refractivity contribution in [2.75, 3.05) is 6.54 Å². The van der Waals surface area contributed by atoms with Crippen molar-refractivity contribution in [2.24, 2.45) is 0 Å². The normalized spacial score (nSPS) is 12.0. The van der Waals surface area contributed by atoms with Crippen LogP contribution in [0.2, 0.25) is 0 Å². The molecule has 0 fully saturated rings. The van der Waals surface area contributed by atoms with Crippen LogP contribution in [0.4, 0.5) is 0 Å². The lowest BCUT2D eigenvalue weighted by molar-refractivity contribution is 0.0942. The SMILES string of the molecule is Cc1ccc(C(=O)NCCC(O)c2ccccc2)c(C)c1. The highest BCUT2D eigenvalue weighted by atomic mass is 16.3. The van der Waals surface area contributed by atoms with Gasteiger partial charge in [-0.2, -0.15) is 0 Å². The van der Waals surface area contributed by atoms with Gasteiger partial charge in [-0.3, -0.25) is 4.79 Å². The molecule has 2 aromatic rings. The monoisotopic (exact) mass is 283 g/mol. The van der Waals surface area contributed by atoms with Gasteiger partial charge in [0, 0.05) is 12.1 Å². The third kappa shape index (κ3) is 4.17. The van der Waals surface area contributed by atoms with Gasteiger partial charge in [-0.25, -0.2) is 0 Å². The van der Waals surface area contributed by atoms with Crippen molar-refractivity contribution >= 4 is 5.91 Å². The summed E-state index contributed by atoms with van der Waals surface area (Å²) in [5, 5.41) is 12.9. The first kappa shape index (κ1) is 15.3. The first-order chi connectivity index (χ1) is 10.1. The van der Waals surface area contributed by atoms with Gasteiger partial charge < -0.3 is 10.4 Å². The zero-order valence-corrected chi connectivity index (χ0v) is 12.5. The topological polar surface area (TPSA) is 49.3 Å². The number of carbonyl (C=O) groups is 1. The molecule has 0 aliphatic heterocycles. The maximum absolute atomic E-state index is 12.1. The molecule has 3 nitrogen and oxygen atoms in total. The van der Waals surface area contributed by atoms with Crippen LogP contribution in [0.15, 0.2) is 48.5 Å². The first-order valence-corrected chi connectivity index (χ1v) is 7.16. The van der Waals surface area contributed by atoms with E-state index < -0.39 is 6.10 Å². The summed E-state index contributed by atoms with van der Waals surface area (Å²) in [4.78, 5) is 12.1. The molecular weight excluding hydrogens is 262 g/mol. The van der Waals surface area contributed by atoms with Gasteiger partial charge in [0.1, 0.15) is 0 Å². The Labute approximate surface area is 125 Å². The molecule has 0 aliphatic carbocycles. The van der Waals surface area contributed by atoms with Gasteiger partial charge >= 0.3 is 0 Å². The highest BCUT2D eigenvalue weighted by Gasteiger charge is 2.10. The number of aliphatic hydroxyl groups is 1. The minimum absolute atomic E-state index is 0.0900. The van der Waals surface area contributed by atoms with Gasteiger partial charge in [-0.15, -0.1) is 0 Å². The molecule has 21 heavy (non-hydrogen) atoms. The Morgan fingerprint density at radius 3 is 2.52 bits per heavy atom. The van der Waals surface area contributed by atoms with E-state index in [1.165, 1.54) is 0 Å². The number of hydrogen-bond donors (Lipinski definition) is 2. The number of aliphatic hydroxyl groups excluding tert-OH is 1. The van der Waals surface area contributed by atoms with Gasteiger partial charge in [-0.05, 0) is 37.5 Å². The van der Waals surface area contributed by atoms with Crippen LogP contribution >= 0.6 is 0 Å². The predicted molar refractivity (Wildman–Crippen MR) is 84.3 cm³/mol. The number of carbonyl (C=O) groups excluding carboxylic acids is 1. The molecule has 0 radical (unpaired) electrons. The molecule has 3 heteroatoms. The molecule has 0 bridgehead atoms. The number of nitrogens with one attached hydrogen (secondary N) is 1. The van der Waals surface area contributed by atoms with E-state index in [-0.39, 0.29) is 5.91 Å². The smallest absolute Gasteiger partial charge is 0.251 e. The number of rotatable bonds is 5. The van der Waals surface area contributed by atoms with Crippen LogP contribution in [-0.2, 0) is 0 Å². The van der Waals surface area contributed by atoms with Crippen LogP contribution in [0.5, 0.6) is 0 Å². The lowest BCUT2D eigenvalue weighted by Gasteiger charge is -2.12. The van der Waals surface area contributed by atoms with Crippen molar-refractivity contribution in [3.05, 3.63) is 70.8 Å². The largest absolute Gasteiger partial charge is 0.388 e. The van der Waals surface area contributed by atoms with Crippen LogP contribution in [0.25, 0.3) is 0 Å². The van der Waals surface area contributed by atoms with E-state index in [1.54, 1.807) is 0 Å². The Hall–Kier alpha value is -2.13.